The van der Waals surface area contributed by atoms with Crippen LogP contribution in [0.15, 0.2) is 24.8 Å². The molecule has 1 aromatic rings. The summed E-state index contributed by atoms with van der Waals surface area (Å²) >= 11 is 6.12. The summed E-state index contributed by atoms with van der Waals surface area (Å²) in [6, 6.07) is 5.96. The molecule has 0 unspecified atom stereocenters. The van der Waals surface area contributed by atoms with E-state index in [1.54, 1.807) is 6.07 Å². The minimum atomic E-state index is 0.428. The van der Waals surface area contributed by atoms with Crippen molar-refractivity contribution in [3.63, 3.8) is 0 Å². The van der Waals surface area contributed by atoms with Crippen LogP contribution in [0.2, 0.25) is 5.02 Å². The van der Waals surface area contributed by atoms with Crippen LogP contribution in [0.5, 0.6) is 0 Å². The number of hydrogen-bond acceptors (Lipinski definition) is 3. The number of anilines is 2. The van der Waals surface area contributed by atoms with Crippen LogP contribution in [0.1, 0.15) is 31.2 Å². The van der Waals surface area contributed by atoms with Crippen LogP contribution >= 0.6 is 11.6 Å². The maximum atomic E-state index is 8.96. The molecule has 2 rings (SSSR count). The van der Waals surface area contributed by atoms with E-state index >= 15 is 0 Å². The van der Waals surface area contributed by atoms with Crippen LogP contribution in [0.4, 0.5) is 11.4 Å². The van der Waals surface area contributed by atoms with E-state index in [1.807, 2.05) is 12.1 Å². The van der Waals surface area contributed by atoms with Gasteiger partial charge in [0.05, 0.1) is 22.0 Å². The lowest BCUT2D eigenvalue weighted by atomic mass is 9.98. The van der Waals surface area contributed by atoms with E-state index in [4.69, 9.17) is 22.6 Å². The molecule has 1 atom stereocenters. The molecule has 1 saturated heterocycles. The monoisotopic (exact) mass is 275 g/mol. The number of nitriles is 1. The van der Waals surface area contributed by atoms with Crippen molar-refractivity contribution in [3.05, 3.63) is 35.4 Å². The Hall–Kier alpha value is -1.66. The van der Waals surface area contributed by atoms with Crippen molar-refractivity contribution in [1.82, 2.24) is 0 Å². The van der Waals surface area contributed by atoms with Crippen LogP contribution in [-0.4, -0.2) is 12.6 Å². The van der Waals surface area contributed by atoms with E-state index in [0.717, 1.165) is 31.5 Å². The molecule has 2 N–H and O–H groups in total. The number of benzene rings is 1. The van der Waals surface area contributed by atoms with Crippen molar-refractivity contribution in [1.29, 1.82) is 5.26 Å². The van der Waals surface area contributed by atoms with Gasteiger partial charge in [-0.15, -0.1) is 6.58 Å². The lowest BCUT2D eigenvalue weighted by molar-refractivity contribution is 0.463. The van der Waals surface area contributed by atoms with Gasteiger partial charge < -0.3 is 10.6 Å². The summed E-state index contributed by atoms with van der Waals surface area (Å²) in [5, 5.41) is 9.43. The van der Waals surface area contributed by atoms with Crippen LogP contribution in [0.25, 0.3) is 0 Å². The van der Waals surface area contributed by atoms with Gasteiger partial charge in [0.15, 0.2) is 0 Å². The Kier molecular flexibility index (Phi) is 4.34. The molecule has 19 heavy (non-hydrogen) atoms. The van der Waals surface area contributed by atoms with Crippen LogP contribution < -0.4 is 10.6 Å². The molecule has 0 spiro atoms. The number of nitrogens with zero attached hydrogens (tertiary/aromatic N) is 2. The second-order valence-electron chi connectivity index (χ2n) is 4.87. The van der Waals surface area contributed by atoms with E-state index in [1.165, 1.54) is 6.42 Å². The first kappa shape index (κ1) is 13.8. The minimum Gasteiger partial charge on any atom is -0.397 e. The van der Waals surface area contributed by atoms with E-state index in [0.29, 0.717) is 22.3 Å². The third kappa shape index (κ3) is 2.85. The van der Waals surface area contributed by atoms with Crippen LogP contribution in [0, 0.1) is 11.3 Å². The molecule has 0 radical (unpaired) electrons. The number of piperidine rings is 1. The average Bonchev–Trinajstić information content (AvgIpc) is 2.42. The van der Waals surface area contributed by atoms with Gasteiger partial charge in [0.25, 0.3) is 0 Å². The molecular formula is C15H18ClN3. The molecule has 0 aliphatic carbocycles. The summed E-state index contributed by atoms with van der Waals surface area (Å²) in [5.74, 6) is 0. The fourth-order valence-corrected chi connectivity index (χ4v) is 2.87. The third-order valence-corrected chi connectivity index (χ3v) is 3.92. The van der Waals surface area contributed by atoms with E-state index < -0.39 is 0 Å². The molecule has 0 amide bonds. The second kappa shape index (κ2) is 5.99. The van der Waals surface area contributed by atoms with Crippen LogP contribution in [0.3, 0.4) is 0 Å². The molecule has 100 valence electrons. The number of halogens is 1. The summed E-state index contributed by atoms with van der Waals surface area (Å²) in [6.07, 6.45) is 6.42. The molecule has 0 aromatic heterocycles. The number of nitrogens with two attached hydrogens (primary N) is 1. The maximum Gasteiger partial charge on any atom is 0.101 e. The average molecular weight is 276 g/mol. The Labute approximate surface area is 119 Å². The largest absolute Gasteiger partial charge is 0.397 e. The highest BCUT2D eigenvalue weighted by atomic mass is 35.5. The van der Waals surface area contributed by atoms with Crippen molar-refractivity contribution in [3.8, 4) is 6.07 Å². The molecular weight excluding hydrogens is 258 g/mol. The van der Waals surface area contributed by atoms with Gasteiger partial charge in [-0.3, -0.25) is 0 Å². The lowest BCUT2D eigenvalue weighted by Crippen LogP contribution is -2.39. The van der Waals surface area contributed by atoms with Gasteiger partial charge in [0.2, 0.25) is 0 Å². The zero-order valence-electron chi connectivity index (χ0n) is 10.9. The fourth-order valence-electron chi connectivity index (χ4n) is 2.67. The summed E-state index contributed by atoms with van der Waals surface area (Å²) < 4.78 is 0. The Bertz CT molecular complexity index is 519. The standard InChI is InChI=1S/C15H18ClN3/c1-2-5-12-6-3-4-7-19(12)15-9-13(16)11(10-17)8-14(15)18/h2,8-9,12H,1,3-7,18H2/t12-/m1/s1. The molecule has 1 heterocycles. The van der Waals surface area contributed by atoms with Crippen LogP contribution in [-0.2, 0) is 0 Å². The van der Waals surface area contributed by atoms with Gasteiger partial charge in [-0.2, -0.15) is 5.26 Å². The normalized spacial score (nSPS) is 18.9. The first-order valence-electron chi connectivity index (χ1n) is 6.54. The second-order valence-corrected chi connectivity index (χ2v) is 5.28. The van der Waals surface area contributed by atoms with Gasteiger partial charge >= 0.3 is 0 Å². The number of rotatable bonds is 3. The van der Waals surface area contributed by atoms with Gasteiger partial charge in [-0.25, -0.2) is 0 Å². The number of hydrogen-bond donors (Lipinski definition) is 1. The zero-order chi connectivity index (χ0) is 13.8. The van der Waals surface area contributed by atoms with Crippen molar-refractivity contribution in [2.75, 3.05) is 17.2 Å². The smallest absolute Gasteiger partial charge is 0.101 e. The molecule has 1 fully saturated rings. The zero-order valence-corrected chi connectivity index (χ0v) is 11.7. The van der Waals surface area contributed by atoms with Gasteiger partial charge in [0, 0.05) is 12.6 Å². The van der Waals surface area contributed by atoms with Crippen molar-refractivity contribution < 1.29 is 0 Å². The van der Waals surface area contributed by atoms with E-state index in [9.17, 15) is 0 Å². The third-order valence-electron chi connectivity index (χ3n) is 3.61. The SMILES string of the molecule is C=CC[C@@H]1CCCCN1c1cc(Cl)c(C#N)cc1N. The Morgan fingerprint density at radius 3 is 3.00 bits per heavy atom. The van der Waals surface area contributed by atoms with Crippen molar-refractivity contribution >= 4 is 23.0 Å². The molecule has 4 heteroatoms. The maximum absolute atomic E-state index is 8.96. The van der Waals surface area contributed by atoms with E-state index in [2.05, 4.69) is 17.5 Å². The molecule has 1 aliphatic heterocycles. The quantitative estimate of drug-likeness (QED) is 0.675. The Morgan fingerprint density at radius 2 is 2.32 bits per heavy atom. The topological polar surface area (TPSA) is 53.0 Å². The van der Waals surface area contributed by atoms with Gasteiger partial charge in [-0.1, -0.05) is 17.7 Å². The predicted octanol–water partition coefficient (Wildman–Crippen LogP) is 3.73. The molecule has 1 aliphatic rings. The highest BCUT2D eigenvalue weighted by molar-refractivity contribution is 6.32. The van der Waals surface area contributed by atoms with Crippen molar-refractivity contribution in [2.45, 2.75) is 31.7 Å². The summed E-state index contributed by atoms with van der Waals surface area (Å²) in [6.45, 7) is 4.80. The number of nitrogen functional groups attached to an aromatic ring is 1. The molecule has 1 aromatic carbocycles. The summed E-state index contributed by atoms with van der Waals surface area (Å²) in [5.41, 5.74) is 8.07. The molecule has 0 saturated carbocycles. The Balaban J connectivity index is 2.36. The highest BCUT2D eigenvalue weighted by Crippen LogP contribution is 2.34. The van der Waals surface area contributed by atoms with Crippen molar-refractivity contribution in [2.24, 2.45) is 0 Å². The van der Waals surface area contributed by atoms with Gasteiger partial charge in [0.1, 0.15) is 6.07 Å². The molecule has 0 bridgehead atoms. The first-order valence-corrected chi connectivity index (χ1v) is 6.91. The van der Waals surface area contributed by atoms with Gasteiger partial charge in [-0.05, 0) is 37.8 Å². The minimum absolute atomic E-state index is 0.428. The summed E-state index contributed by atoms with van der Waals surface area (Å²) in [4.78, 5) is 2.30. The first-order chi connectivity index (χ1) is 9.17. The molecule has 3 nitrogen and oxygen atoms in total. The Morgan fingerprint density at radius 1 is 1.53 bits per heavy atom. The highest BCUT2D eigenvalue weighted by Gasteiger charge is 2.23. The summed E-state index contributed by atoms with van der Waals surface area (Å²) in [7, 11) is 0. The lowest BCUT2D eigenvalue weighted by Gasteiger charge is -2.38. The predicted molar refractivity (Wildman–Crippen MR) is 80.4 cm³/mol. The van der Waals surface area contributed by atoms with E-state index in [-0.39, 0.29) is 0 Å². The fraction of sp³-hybridized carbons (Fsp3) is 0.400.